The average molecular weight is 490 g/mol. The molecule has 0 aliphatic carbocycles. The second-order valence-electron chi connectivity index (χ2n) is 9.11. The highest BCUT2D eigenvalue weighted by atomic mass is 19.1. The molecule has 3 aliphatic heterocycles. The molecule has 0 N–H and O–H groups in total. The second-order valence-corrected chi connectivity index (χ2v) is 9.11. The Balaban J connectivity index is 0.000000342. The molecule has 192 valence electrons. The molecule has 5 rings (SSSR count). The van der Waals surface area contributed by atoms with Gasteiger partial charge < -0.3 is 9.64 Å². The van der Waals surface area contributed by atoms with Crippen LogP contribution in [-0.2, 0) is 11.3 Å². The first kappa shape index (κ1) is 27.4. The maximum absolute atomic E-state index is 11.9. The number of rotatable bonds is 4. The van der Waals surface area contributed by atoms with Gasteiger partial charge in [0, 0.05) is 26.2 Å². The number of benzene rings is 2. The van der Waals surface area contributed by atoms with E-state index in [1.807, 2.05) is 26.0 Å². The van der Waals surface area contributed by atoms with Gasteiger partial charge in [-0.15, -0.1) is 0 Å². The summed E-state index contributed by atoms with van der Waals surface area (Å²) >= 11 is 0. The summed E-state index contributed by atoms with van der Waals surface area (Å²) in [6, 6.07) is 19.5. The van der Waals surface area contributed by atoms with E-state index in [2.05, 4.69) is 53.3 Å². The highest BCUT2D eigenvalue weighted by molar-refractivity contribution is 5.77. The van der Waals surface area contributed by atoms with Gasteiger partial charge in [0.1, 0.15) is 11.4 Å². The Morgan fingerprint density at radius 1 is 0.972 bits per heavy atom. The van der Waals surface area contributed by atoms with Gasteiger partial charge in [-0.2, -0.15) is 0 Å². The molecular formula is C31H40FN3O. The molecule has 1 unspecified atom stereocenters. The minimum atomic E-state index is -0.178. The van der Waals surface area contributed by atoms with Crippen LogP contribution in [-0.4, -0.2) is 54.1 Å². The largest absolute Gasteiger partial charge is 0.455 e. The number of ether oxygens (including phenoxy) is 1. The zero-order valence-corrected chi connectivity index (χ0v) is 21.8. The molecule has 0 amide bonds. The Labute approximate surface area is 216 Å². The van der Waals surface area contributed by atoms with Crippen molar-refractivity contribution in [1.82, 2.24) is 9.80 Å². The van der Waals surface area contributed by atoms with Crippen molar-refractivity contribution in [3.05, 3.63) is 109 Å². The zero-order chi connectivity index (χ0) is 25.8. The van der Waals surface area contributed by atoms with E-state index >= 15 is 0 Å². The van der Waals surface area contributed by atoms with Crippen molar-refractivity contribution in [2.45, 2.75) is 45.3 Å². The number of piperidine rings is 1. The third-order valence-electron chi connectivity index (χ3n) is 6.60. The molecule has 3 aliphatic rings. The molecule has 3 heterocycles. The van der Waals surface area contributed by atoms with Crippen LogP contribution in [0.15, 0.2) is 102 Å². The van der Waals surface area contributed by atoms with Crippen molar-refractivity contribution in [2.75, 3.05) is 32.7 Å². The Morgan fingerprint density at radius 2 is 1.64 bits per heavy atom. The average Bonchev–Trinajstić information content (AvgIpc) is 3.33. The van der Waals surface area contributed by atoms with Crippen molar-refractivity contribution in [3.8, 4) is 0 Å². The molecule has 4 nitrogen and oxygen atoms in total. The molecule has 0 saturated carbocycles. The summed E-state index contributed by atoms with van der Waals surface area (Å²) < 4.78 is 18.4. The molecule has 1 fully saturated rings. The molecule has 5 heteroatoms. The van der Waals surface area contributed by atoms with Crippen LogP contribution < -0.4 is 0 Å². The Hall–Kier alpha value is -3.18. The number of hydrogen-bond donors (Lipinski definition) is 0. The number of nitrogens with zero attached hydrogens (tertiary/aromatic N) is 3. The van der Waals surface area contributed by atoms with Crippen molar-refractivity contribution < 1.29 is 9.13 Å². The Morgan fingerprint density at radius 3 is 2.25 bits per heavy atom. The number of allylic oxidation sites excluding steroid dienone is 1. The van der Waals surface area contributed by atoms with Gasteiger partial charge in [0.05, 0.1) is 6.54 Å². The van der Waals surface area contributed by atoms with Gasteiger partial charge in [0.25, 0.3) is 6.02 Å². The minimum absolute atomic E-state index is 0.154. The summed E-state index contributed by atoms with van der Waals surface area (Å²) in [5, 5.41) is 0. The number of likely N-dealkylation sites (tertiary alicyclic amines) is 1. The van der Waals surface area contributed by atoms with Crippen LogP contribution >= 0.6 is 0 Å². The maximum atomic E-state index is 11.9. The fraction of sp³-hybridized carbons (Fsp3) is 0.387. The monoisotopic (exact) mass is 489 g/mol. The number of amidine groups is 1. The van der Waals surface area contributed by atoms with Crippen molar-refractivity contribution in [3.63, 3.8) is 0 Å². The molecule has 0 aromatic heterocycles. The van der Waals surface area contributed by atoms with E-state index in [9.17, 15) is 4.39 Å². The lowest BCUT2D eigenvalue weighted by Gasteiger charge is -2.40. The lowest BCUT2D eigenvalue weighted by molar-refractivity contribution is -0.00860. The van der Waals surface area contributed by atoms with Gasteiger partial charge in [0.15, 0.2) is 0 Å². The van der Waals surface area contributed by atoms with Crippen LogP contribution in [0.3, 0.4) is 0 Å². The topological polar surface area (TPSA) is 28.1 Å². The molecule has 2 aromatic rings. The van der Waals surface area contributed by atoms with Crippen LogP contribution in [0.5, 0.6) is 0 Å². The first-order valence-corrected chi connectivity index (χ1v) is 13.0. The fourth-order valence-electron chi connectivity index (χ4n) is 4.82. The van der Waals surface area contributed by atoms with Crippen molar-refractivity contribution in [2.24, 2.45) is 4.99 Å². The summed E-state index contributed by atoms with van der Waals surface area (Å²) in [6.45, 7) is 17.5. The predicted octanol–water partition coefficient (Wildman–Crippen LogP) is 6.63. The molecule has 0 bridgehead atoms. The minimum Gasteiger partial charge on any atom is -0.455 e. The molecule has 1 atom stereocenters. The number of aliphatic imine (C=N–C) groups is 1. The lowest BCUT2D eigenvalue weighted by Crippen LogP contribution is -2.51. The second kappa shape index (κ2) is 13.8. The Bertz CT molecular complexity index is 1030. The van der Waals surface area contributed by atoms with Crippen LogP contribution in [0.25, 0.3) is 0 Å². The molecule has 36 heavy (non-hydrogen) atoms. The summed E-state index contributed by atoms with van der Waals surface area (Å²) in [5.74, 6) is -0.178. The lowest BCUT2D eigenvalue weighted by atomic mass is 9.92. The maximum Gasteiger partial charge on any atom is 0.288 e. The molecule has 2 aromatic carbocycles. The van der Waals surface area contributed by atoms with Gasteiger partial charge in [0.2, 0.25) is 0 Å². The predicted molar refractivity (Wildman–Crippen MR) is 148 cm³/mol. The molecule has 0 radical (unpaired) electrons. The normalized spacial score (nSPS) is 21.4. The van der Waals surface area contributed by atoms with Crippen molar-refractivity contribution >= 4 is 6.02 Å². The highest BCUT2D eigenvalue weighted by Gasteiger charge is 2.43. The van der Waals surface area contributed by atoms with E-state index in [1.54, 1.807) is 18.2 Å². The quantitative estimate of drug-likeness (QED) is 0.482. The highest BCUT2D eigenvalue weighted by Crippen LogP contribution is 2.32. The summed E-state index contributed by atoms with van der Waals surface area (Å²) in [4.78, 5) is 9.58. The van der Waals surface area contributed by atoms with Gasteiger partial charge >= 0.3 is 0 Å². The van der Waals surface area contributed by atoms with E-state index in [0.29, 0.717) is 0 Å². The summed E-state index contributed by atoms with van der Waals surface area (Å²) in [5.41, 5.74) is 3.74. The van der Waals surface area contributed by atoms with Gasteiger partial charge in [-0.1, -0.05) is 87.7 Å². The van der Waals surface area contributed by atoms with Crippen LogP contribution in [0.1, 0.15) is 38.7 Å². The smallest absolute Gasteiger partial charge is 0.288 e. The fourth-order valence-corrected chi connectivity index (χ4v) is 4.82. The van der Waals surface area contributed by atoms with Crippen LogP contribution in [0.4, 0.5) is 4.39 Å². The third-order valence-corrected chi connectivity index (χ3v) is 6.60. The summed E-state index contributed by atoms with van der Waals surface area (Å²) in [6.07, 6.45) is 7.11. The first-order chi connectivity index (χ1) is 17.6. The van der Waals surface area contributed by atoms with E-state index < -0.39 is 0 Å². The third kappa shape index (κ3) is 7.41. The molecule has 1 saturated heterocycles. The van der Waals surface area contributed by atoms with Crippen LogP contribution in [0, 0.1) is 5.82 Å². The van der Waals surface area contributed by atoms with E-state index in [1.165, 1.54) is 28.8 Å². The molecule has 1 spiro atoms. The number of halogens is 1. The van der Waals surface area contributed by atoms with Gasteiger partial charge in [-0.05, 0) is 54.6 Å². The first-order valence-electron chi connectivity index (χ1n) is 13.0. The van der Waals surface area contributed by atoms with E-state index in [0.717, 1.165) is 64.6 Å². The summed E-state index contributed by atoms with van der Waals surface area (Å²) in [7, 11) is 0. The SMILES string of the molecule is C=CC1=C(C=C)CN(C2=NCC3(CCCN(Cc4ccccc4)C3)O2)CC1.CC.Fc1ccccc1. The molecular weight excluding hydrogens is 449 g/mol. The standard InChI is InChI=1S/C23H29N3O.C6H5F.C2H6/c1-3-20-11-14-26(16-21(20)4-2)22-24-17-23(27-22)12-8-13-25(18-23)15-19-9-6-5-7-10-19;7-6-4-2-1-3-5-6;1-2/h3-7,9-10H,1-2,8,11-18H2;1-5H;1-2H3. The number of hydrogen-bond acceptors (Lipinski definition) is 4. The van der Waals surface area contributed by atoms with Crippen molar-refractivity contribution in [1.29, 1.82) is 0 Å². The van der Waals surface area contributed by atoms with Gasteiger partial charge in [-0.25, -0.2) is 9.38 Å². The van der Waals surface area contributed by atoms with Crippen LogP contribution in [0.2, 0.25) is 0 Å². The van der Waals surface area contributed by atoms with E-state index in [4.69, 9.17) is 9.73 Å². The zero-order valence-electron chi connectivity index (χ0n) is 21.8. The Kier molecular flexibility index (Phi) is 10.5. The van der Waals surface area contributed by atoms with Gasteiger partial charge in [-0.3, -0.25) is 4.90 Å². The van der Waals surface area contributed by atoms with E-state index in [-0.39, 0.29) is 11.4 Å².